The third-order valence-corrected chi connectivity index (χ3v) is 2.72. The quantitative estimate of drug-likeness (QED) is 0.573. The second-order valence-electron chi connectivity index (χ2n) is 3.79. The van der Waals surface area contributed by atoms with Gasteiger partial charge in [-0.3, -0.25) is 4.79 Å². The van der Waals surface area contributed by atoms with Crippen LogP contribution in [0.2, 0.25) is 0 Å². The normalized spacial score (nSPS) is 23.0. The fraction of sp³-hybridized carbons (Fsp3) is 0.889. The van der Waals surface area contributed by atoms with Crippen molar-refractivity contribution >= 4 is 5.97 Å². The summed E-state index contributed by atoms with van der Waals surface area (Å²) in [6.07, 6.45) is 1.71. The van der Waals surface area contributed by atoms with E-state index in [1.807, 2.05) is 0 Å². The molecule has 1 heterocycles. The van der Waals surface area contributed by atoms with Crippen molar-refractivity contribution in [3.63, 3.8) is 0 Å². The third kappa shape index (κ3) is 3.25. The summed E-state index contributed by atoms with van der Waals surface area (Å²) in [6, 6.07) is -0.675. The van der Waals surface area contributed by atoms with E-state index in [1.165, 1.54) is 0 Å². The Morgan fingerprint density at radius 1 is 1.43 bits per heavy atom. The van der Waals surface area contributed by atoms with Crippen molar-refractivity contribution in [3.05, 3.63) is 0 Å². The van der Waals surface area contributed by atoms with Crippen molar-refractivity contribution in [3.8, 4) is 0 Å². The van der Waals surface area contributed by atoms with Gasteiger partial charge in [0.15, 0.2) is 0 Å². The van der Waals surface area contributed by atoms with E-state index in [-0.39, 0.29) is 12.5 Å². The van der Waals surface area contributed by atoms with Crippen LogP contribution in [-0.2, 0) is 9.53 Å². The first kappa shape index (κ1) is 11.4. The molecule has 0 aromatic carbocycles. The monoisotopic (exact) mass is 202 g/mol. The van der Waals surface area contributed by atoms with E-state index in [1.54, 1.807) is 0 Å². The summed E-state index contributed by atoms with van der Waals surface area (Å²) in [7, 11) is 0. The highest BCUT2D eigenvalue weighted by atomic mass is 16.5. The van der Waals surface area contributed by atoms with Crippen LogP contribution in [0.3, 0.4) is 0 Å². The average molecular weight is 202 g/mol. The molecule has 1 saturated heterocycles. The number of aliphatic carboxylic acids is 1. The Morgan fingerprint density at radius 3 is 2.50 bits per heavy atom. The molecular weight excluding hydrogens is 184 g/mol. The van der Waals surface area contributed by atoms with Gasteiger partial charge in [0.2, 0.25) is 0 Å². The minimum atomic E-state index is -0.889. The second kappa shape index (κ2) is 5.29. The number of carboxylic acids is 1. The van der Waals surface area contributed by atoms with E-state index in [0.29, 0.717) is 19.1 Å². The van der Waals surface area contributed by atoms with Gasteiger partial charge in [-0.2, -0.15) is 0 Å². The smallest absolute Gasteiger partial charge is 0.304 e. The van der Waals surface area contributed by atoms with E-state index in [9.17, 15) is 4.79 Å². The molecule has 5 heteroatoms. The Balaban J connectivity index is 2.37. The third-order valence-electron chi connectivity index (χ3n) is 2.72. The zero-order valence-corrected chi connectivity index (χ0v) is 8.19. The lowest BCUT2D eigenvalue weighted by atomic mass is 9.87. The van der Waals surface area contributed by atoms with E-state index >= 15 is 0 Å². The summed E-state index contributed by atoms with van der Waals surface area (Å²) < 4.78 is 5.20. The molecule has 2 atom stereocenters. The Hall–Kier alpha value is -0.650. The zero-order chi connectivity index (χ0) is 10.6. The first-order chi connectivity index (χ1) is 6.61. The topological polar surface area (TPSA) is 98.6 Å². The van der Waals surface area contributed by atoms with Crippen LogP contribution in [0.25, 0.3) is 0 Å². The maximum absolute atomic E-state index is 10.4. The number of hydrogen-bond acceptors (Lipinski definition) is 4. The largest absolute Gasteiger partial charge is 0.481 e. The minimum Gasteiger partial charge on any atom is -0.481 e. The van der Waals surface area contributed by atoms with Gasteiger partial charge in [0.25, 0.3) is 0 Å². The molecule has 0 aromatic heterocycles. The summed E-state index contributed by atoms with van der Waals surface area (Å²) in [5, 5.41) is 8.57. The molecule has 0 amide bonds. The van der Waals surface area contributed by atoms with Crippen LogP contribution >= 0.6 is 0 Å². The minimum absolute atomic E-state index is 0.0570. The van der Waals surface area contributed by atoms with Crippen molar-refractivity contribution in [2.75, 3.05) is 13.2 Å². The standard InChI is InChI=1S/C9H18N2O3/c10-7(5-8(12)13)9(11)6-1-3-14-4-2-6/h6-7,9H,1-5,10-11H2,(H,12,13). The van der Waals surface area contributed by atoms with E-state index in [4.69, 9.17) is 21.3 Å². The van der Waals surface area contributed by atoms with Gasteiger partial charge in [0.1, 0.15) is 0 Å². The van der Waals surface area contributed by atoms with Gasteiger partial charge in [-0.15, -0.1) is 0 Å². The van der Waals surface area contributed by atoms with Crippen molar-refractivity contribution in [2.24, 2.45) is 17.4 Å². The number of hydrogen-bond donors (Lipinski definition) is 3. The van der Waals surface area contributed by atoms with E-state index in [2.05, 4.69) is 0 Å². The molecule has 0 spiro atoms. The highest BCUT2D eigenvalue weighted by molar-refractivity contribution is 5.67. The predicted octanol–water partition coefficient (Wildman–Crippen LogP) is -0.458. The molecule has 0 saturated carbocycles. The predicted molar refractivity (Wildman–Crippen MR) is 51.7 cm³/mol. The Bertz CT molecular complexity index is 192. The van der Waals surface area contributed by atoms with Gasteiger partial charge in [-0.1, -0.05) is 0 Å². The van der Waals surface area contributed by atoms with Crippen molar-refractivity contribution < 1.29 is 14.6 Å². The lowest BCUT2D eigenvalue weighted by Crippen LogP contribution is -2.49. The molecule has 0 radical (unpaired) electrons. The van der Waals surface area contributed by atoms with Crippen LogP contribution in [0, 0.1) is 5.92 Å². The molecule has 1 rings (SSSR count). The molecule has 1 aliphatic heterocycles. The molecule has 0 aromatic rings. The molecule has 5 nitrogen and oxygen atoms in total. The van der Waals surface area contributed by atoms with Crippen LogP contribution in [0.1, 0.15) is 19.3 Å². The lowest BCUT2D eigenvalue weighted by molar-refractivity contribution is -0.137. The highest BCUT2D eigenvalue weighted by Crippen LogP contribution is 2.19. The molecule has 0 aliphatic carbocycles. The van der Waals surface area contributed by atoms with Crippen molar-refractivity contribution in [1.29, 1.82) is 0 Å². The SMILES string of the molecule is NC(CC(=O)O)C(N)C1CCOCC1. The molecule has 1 aliphatic rings. The highest BCUT2D eigenvalue weighted by Gasteiger charge is 2.26. The zero-order valence-electron chi connectivity index (χ0n) is 8.19. The number of carbonyl (C=O) groups is 1. The van der Waals surface area contributed by atoms with Crippen LogP contribution < -0.4 is 11.5 Å². The van der Waals surface area contributed by atoms with Gasteiger partial charge < -0.3 is 21.3 Å². The summed E-state index contributed by atoms with van der Waals surface area (Å²) in [5.41, 5.74) is 11.6. The van der Waals surface area contributed by atoms with Gasteiger partial charge in [0, 0.05) is 25.3 Å². The molecule has 82 valence electrons. The van der Waals surface area contributed by atoms with Gasteiger partial charge in [-0.25, -0.2) is 0 Å². The maximum Gasteiger partial charge on any atom is 0.304 e. The van der Waals surface area contributed by atoms with E-state index < -0.39 is 12.0 Å². The molecule has 0 bridgehead atoms. The lowest BCUT2D eigenvalue weighted by Gasteiger charge is -2.30. The molecular formula is C9H18N2O3. The molecule has 1 fully saturated rings. The summed E-state index contributed by atoms with van der Waals surface area (Å²) in [4.78, 5) is 10.4. The van der Waals surface area contributed by atoms with Gasteiger partial charge in [-0.05, 0) is 18.8 Å². The first-order valence-corrected chi connectivity index (χ1v) is 4.92. The summed E-state index contributed by atoms with van der Waals surface area (Å²) in [6.45, 7) is 1.41. The van der Waals surface area contributed by atoms with Crippen molar-refractivity contribution in [2.45, 2.75) is 31.3 Å². The van der Waals surface area contributed by atoms with Crippen LogP contribution in [-0.4, -0.2) is 36.4 Å². The summed E-state index contributed by atoms with van der Waals surface area (Å²) >= 11 is 0. The average Bonchev–Trinajstić information content (AvgIpc) is 2.17. The first-order valence-electron chi connectivity index (χ1n) is 4.92. The number of rotatable bonds is 4. The van der Waals surface area contributed by atoms with Crippen LogP contribution in [0.5, 0.6) is 0 Å². The van der Waals surface area contributed by atoms with Crippen LogP contribution in [0.4, 0.5) is 0 Å². The molecule has 5 N–H and O–H groups in total. The molecule has 2 unspecified atom stereocenters. The second-order valence-corrected chi connectivity index (χ2v) is 3.79. The van der Waals surface area contributed by atoms with Gasteiger partial charge >= 0.3 is 5.97 Å². The number of ether oxygens (including phenoxy) is 1. The number of nitrogens with two attached hydrogens (primary N) is 2. The van der Waals surface area contributed by atoms with Crippen molar-refractivity contribution in [1.82, 2.24) is 0 Å². The Morgan fingerprint density at radius 2 is 2.00 bits per heavy atom. The Kier molecular flexibility index (Phi) is 4.31. The van der Waals surface area contributed by atoms with E-state index in [0.717, 1.165) is 12.8 Å². The Labute approximate surface area is 83.4 Å². The number of carboxylic acid groups (broad SMARTS) is 1. The fourth-order valence-electron chi connectivity index (χ4n) is 1.79. The van der Waals surface area contributed by atoms with Gasteiger partial charge in [0.05, 0.1) is 6.42 Å². The maximum atomic E-state index is 10.4. The fourth-order valence-corrected chi connectivity index (χ4v) is 1.79. The summed E-state index contributed by atoms with van der Waals surface area (Å²) in [5.74, 6) is -0.585. The van der Waals surface area contributed by atoms with Crippen LogP contribution in [0.15, 0.2) is 0 Å². The molecule has 14 heavy (non-hydrogen) atoms.